The number of fused-ring (bicyclic) bond motifs is 2. The van der Waals surface area contributed by atoms with Gasteiger partial charge in [0.1, 0.15) is 5.75 Å². The molecule has 20 heavy (non-hydrogen) atoms. The first-order valence-electron chi connectivity index (χ1n) is 7.02. The van der Waals surface area contributed by atoms with Gasteiger partial charge in [-0.25, -0.2) is 4.98 Å². The maximum absolute atomic E-state index is 5.60. The quantitative estimate of drug-likeness (QED) is 0.718. The van der Waals surface area contributed by atoms with Crippen molar-refractivity contribution in [3.05, 3.63) is 42.5 Å². The Labute approximate surface area is 118 Å². The molecule has 0 atom stereocenters. The summed E-state index contributed by atoms with van der Waals surface area (Å²) in [6, 6.07) is 14.3. The predicted octanol–water partition coefficient (Wildman–Crippen LogP) is 4.22. The number of aromatic nitrogens is 1. The molecule has 0 amide bonds. The van der Waals surface area contributed by atoms with Crippen molar-refractivity contribution in [2.24, 2.45) is 0 Å². The molecule has 1 N–H and O–H groups in total. The molecule has 0 bridgehead atoms. The molecule has 0 saturated carbocycles. The highest BCUT2D eigenvalue weighted by Gasteiger charge is 2.09. The molecular weight excluding hydrogens is 248 g/mol. The van der Waals surface area contributed by atoms with Gasteiger partial charge in [0.15, 0.2) is 0 Å². The minimum atomic E-state index is 0.670. The van der Waals surface area contributed by atoms with E-state index in [1.54, 1.807) is 0 Å². The Morgan fingerprint density at radius 2 is 1.80 bits per heavy atom. The van der Waals surface area contributed by atoms with Crippen molar-refractivity contribution in [3.63, 3.8) is 0 Å². The molecule has 0 fully saturated rings. The Bertz CT molecular complexity index is 752. The molecule has 0 saturated heterocycles. The Balaban J connectivity index is 2.33. The van der Waals surface area contributed by atoms with Crippen molar-refractivity contribution in [2.75, 3.05) is 18.5 Å². The summed E-state index contributed by atoms with van der Waals surface area (Å²) < 4.78 is 5.60. The van der Waals surface area contributed by atoms with Gasteiger partial charge in [0.05, 0.1) is 23.3 Å². The van der Waals surface area contributed by atoms with Gasteiger partial charge in [0.25, 0.3) is 0 Å². The van der Waals surface area contributed by atoms with E-state index in [0.717, 1.165) is 39.8 Å². The number of rotatable bonds is 4. The van der Waals surface area contributed by atoms with Crippen LogP contribution in [0.25, 0.3) is 21.8 Å². The van der Waals surface area contributed by atoms with E-state index in [4.69, 9.17) is 9.72 Å². The Morgan fingerprint density at radius 3 is 2.60 bits per heavy atom. The second kappa shape index (κ2) is 5.37. The summed E-state index contributed by atoms with van der Waals surface area (Å²) in [5.74, 6) is 0.885. The van der Waals surface area contributed by atoms with Crippen LogP contribution in [0.1, 0.15) is 13.8 Å². The van der Waals surface area contributed by atoms with Crippen molar-refractivity contribution < 1.29 is 4.74 Å². The van der Waals surface area contributed by atoms with Gasteiger partial charge in [-0.3, -0.25) is 0 Å². The molecule has 1 aromatic heterocycles. The van der Waals surface area contributed by atoms with Crippen LogP contribution < -0.4 is 10.1 Å². The average molecular weight is 266 g/mol. The Morgan fingerprint density at radius 1 is 1.00 bits per heavy atom. The summed E-state index contributed by atoms with van der Waals surface area (Å²) in [6.07, 6.45) is 0. The monoisotopic (exact) mass is 266 g/mol. The smallest absolute Gasteiger partial charge is 0.120 e. The number of hydrogen-bond donors (Lipinski definition) is 1. The van der Waals surface area contributed by atoms with E-state index in [-0.39, 0.29) is 0 Å². The second-order valence-electron chi connectivity index (χ2n) is 4.65. The third kappa shape index (κ3) is 2.16. The van der Waals surface area contributed by atoms with Crippen LogP contribution in [0.2, 0.25) is 0 Å². The number of anilines is 1. The van der Waals surface area contributed by atoms with Crippen LogP contribution in [-0.4, -0.2) is 18.1 Å². The summed E-state index contributed by atoms with van der Waals surface area (Å²) in [7, 11) is 0. The van der Waals surface area contributed by atoms with Crippen LogP contribution >= 0.6 is 0 Å². The maximum atomic E-state index is 5.60. The molecule has 2 aromatic carbocycles. The van der Waals surface area contributed by atoms with Crippen molar-refractivity contribution in [3.8, 4) is 5.75 Å². The van der Waals surface area contributed by atoms with Gasteiger partial charge in [-0.1, -0.05) is 18.2 Å². The summed E-state index contributed by atoms with van der Waals surface area (Å²) in [6.45, 7) is 5.65. The maximum Gasteiger partial charge on any atom is 0.120 e. The number of pyridine rings is 1. The Kier molecular flexibility index (Phi) is 3.42. The molecule has 0 aliphatic heterocycles. The van der Waals surface area contributed by atoms with E-state index >= 15 is 0 Å². The minimum absolute atomic E-state index is 0.670. The number of para-hydroxylation sites is 1. The molecule has 0 unspecified atom stereocenters. The van der Waals surface area contributed by atoms with Gasteiger partial charge < -0.3 is 10.1 Å². The Hall–Kier alpha value is -2.29. The third-order valence-electron chi connectivity index (χ3n) is 3.32. The standard InChI is InChI=1S/C17H18N2O/c1-3-18-17-13-7-5-6-8-15(13)19-16-10-9-12(20-4-2)11-14(16)17/h5-11H,3-4H2,1-2H3,(H,18,19). The first-order valence-corrected chi connectivity index (χ1v) is 7.02. The van der Waals surface area contributed by atoms with Gasteiger partial charge in [0, 0.05) is 17.3 Å². The fraction of sp³-hybridized carbons (Fsp3) is 0.235. The van der Waals surface area contributed by atoms with Crippen LogP contribution in [0.4, 0.5) is 5.69 Å². The van der Waals surface area contributed by atoms with E-state index in [0.29, 0.717) is 6.61 Å². The molecule has 3 nitrogen and oxygen atoms in total. The second-order valence-corrected chi connectivity index (χ2v) is 4.65. The zero-order chi connectivity index (χ0) is 13.9. The largest absolute Gasteiger partial charge is 0.494 e. The van der Waals surface area contributed by atoms with Crippen molar-refractivity contribution >= 4 is 27.5 Å². The summed E-state index contributed by atoms with van der Waals surface area (Å²) in [5, 5.41) is 5.72. The predicted molar refractivity (Wildman–Crippen MR) is 84.6 cm³/mol. The zero-order valence-corrected chi connectivity index (χ0v) is 11.8. The number of nitrogens with zero attached hydrogens (tertiary/aromatic N) is 1. The van der Waals surface area contributed by atoms with Gasteiger partial charge in [-0.2, -0.15) is 0 Å². The fourth-order valence-corrected chi connectivity index (χ4v) is 2.49. The van der Waals surface area contributed by atoms with Crippen LogP contribution in [-0.2, 0) is 0 Å². The molecule has 0 radical (unpaired) electrons. The first kappa shape index (κ1) is 12.7. The summed E-state index contributed by atoms with van der Waals surface area (Å²) in [5.41, 5.74) is 3.14. The molecule has 0 spiro atoms. The molecule has 0 aliphatic rings. The van der Waals surface area contributed by atoms with Crippen molar-refractivity contribution in [1.29, 1.82) is 0 Å². The lowest BCUT2D eigenvalue weighted by Crippen LogP contribution is -2.00. The van der Waals surface area contributed by atoms with E-state index in [1.165, 1.54) is 0 Å². The van der Waals surface area contributed by atoms with Gasteiger partial charge in [-0.15, -0.1) is 0 Å². The van der Waals surface area contributed by atoms with Crippen LogP contribution in [0.3, 0.4) is 0 Å². The topological polar surface area (TPSA) is 34.2 Å². The third-order valence-corrected chi connectivity index (χ3v) is 3.32. The average Bonchev–Trinajstić information content (AvgIpc) is 2.48. The molecular formula is C17H18N2O. The number of hydrogen-bond acceptors (Lipinski definition) is 3. The highest BCUT2D eigenvalue weighted by molar-refractivity contribution is 6.07. The minimum Gasteiger partial charge on any atom is -0.494 e. The molecule has 102 valence electrons. The number of nitrogens with one attached hydrogen (secondary N) is 1. The number of ether oxygens (including phenoxy) is 1. The number of benzene rings is 2. The van der Waals surface area contributed by atoms with Crippen LogP contribution in [0, 0.1) is 0 Å². The molecule has 3 heteroatoms. The van der Waals surface area contributed by atoms with Crippen LogP contribution in [0.5, 0.6) is 5.75 Å². The SMILES string of the molecule is CCNc1c2ccccc2nc2ccc(OCC)cc12. The summed E-state index contributed by atoms with van der Waals surface area (Å²) in [4.78, 5) is 4.73. The van der Waals surface area contributed by atoms with E-state index < -0.39 is 0 Å². The lowest BCUT2D eigenvalue weighted by Gasteiger charge is -2.13. The molecule has 3 rings (SSSR count). The molecule has 0 aliphatic carbocycles. The zero-order valence-electron chi connectivity index (χ0n) is 11.8. The first-order chi connectivity index (χ1) is 9.83. The highest BCUT2D eigenvalue weighted by Crippen LogP contribution is 2.32. The van der Waals surface area contributed by atoms with Crippen LogP contribution in [0.15, 0.2) is 42.5 Å². The van der Waals surface area contributed by atoms with E-state index in [9.17, 15) is 0 Å². The van der Waals surface area contributed by atoms with E-state index in [1.807, 2.05) is 37.3 Å². The van der Waals surface area contributed by atoms with Gasteiger partial charge >= 0.3 is 0 Å². The molecule has 1 heterocycles. The summed E-state index contributed by atoms with van der Waals surface area (Å²) >= 11 is 0. The van der Waals surface area contributed by atoms with Gasteiger partial charge in [-0.05, 0) is 38.1 Å². The molecule has 3 aromatic rings. The highest BCUT2D eigenvalue weighted by atomic mass is 16.5. The fourth-order valence-electron chi connectivity index (χ4n) is 2.49. The normalized spacial score (nSPS) is 10.9. The van der Waals surface area contributed by atoms with E-state index in [2.05, 4.69) is 24.4 Å². The van der Waals surface area contributed by atoms with Crippen molar-refractivity contribution in [1.82, 2.24) is 4.98 Å². The van der Waals surface area contributed by atoms with Crippen molar-refractivity contribution in [2.45, 2.75) is 13.8 Å². The lowest BCUT2D eigenvalue weighted by molar-refractivity contribution is 0.341. The van der Waals surface area contributed by atoms with Gasteiger partial charge in [0.2, 0.25) is 0 Å². The lowest BCUT2D eigenvalue weighted by atomic mass is 10.1.